The van der Waals surface area contributed by atoms with Crippen molar-refractivity contribution in [2.75, 3.05) is 33.4 Å². The molecule has 0 saturated carbocycles. The Morgan fingerprint density at radius 1 is 1.23 bits per heavy atom. The summed E-state index contributed by atoms with van der Waals surface area (Å²) in [6, 6.07) is 6.82. The van der Waals surface area contributed by atoms with Crippen molar-refractivity contribution in [1.82, 2.24) is 10.2 Å². The van der Waals surface area contributed by atoms with Crippen LogP contribution in [0.3, 0.4) is 0 Å². The lowest BCUT2D eigenvalue weighted by Crippen LogP contribution is -2.45. The monoisotopic (exact) mass is 360 g/mol. The van der Waals surface area contributed by atoms with E-state index in [-0.39, 0.29) is 24.2 Å². The molecule has 5 nitrogen and oxygen atoms in total. The molecular weight excluding hydrogens is 328 g/mol. The van der Waals surface area contributed by atoms with Gasteiger partial charge in [0, 0.05) is 33.3 Å². The van der Waals surface area contributed by atoms with E-state index in [0.717, 1.165) is 45.3 Å². The van der Waals surface area contributed by atoms with Crippen molar-refractivity contribution in [3.05, 3.63) is 34.9 Å². The van der Waals surface area contributed by atoms with Crippen LogP contribution in [0.2, 0.25) is 0 Å². The minimum absolute atomic E-state index is 0.0235. The van der Waals surface area contributed by atoms with Gasteiger partial charge in [-0.25, -0.2) is 0 Å². The van der Waals surface area contributed by atoms with Gasteiger partial charge in [-0.05, 0) is 45.1 Å². The quantitative estimate of drug-likeness (QED) is 0.847. The largest absolute Gasteiger partial charge is 0.375 e. The van der Waals surface area contributed by atoms with Gasteiger partial charge in [-0.3, -0.25) is 9.69 Å². The number of carbonyl (C=O) groups excluding carboxylic acids is 1. The van der Waals surface area contributed by atoms with Gasteiger partial charge in [-0.15, -0.1) is 0 Å². The maximum absolute atomic E-state index is 11.5. The third-order valence-corrected chi connectivity index (χ3v) is 5.60. The van der Waals surface area contributed by atoms with Crippen LogP contribution in [0, 0.1) is 13.8 Å². The number of benzene rings is 1. The summed E-state index contributed by atoms with van der Waals surface area (Å²) >= 11 is 0. The van der Waals surface area contributed by atoms with Crippen molar-refractivity contribution in [2.45, 2.75) is 57.8 Å². The molecule has 1 aromatic carbocycles. The van der Waals surface area contributed by atoms with E-state index < -0.39 is 0 Å². The van der Waals surface area contributed by atoms with Crippen molar-refractivity contribution in [3.63, 3.8) is 0 Å². The number of methoxy groups -OCH3 is 1. The molecule has 2 fully saturated rings. The van der Waals surface area contributed by atoms with Crippen molar-refractivity contribution in [1.29, 1.82) is 0 Å². The topological polar surface area (TPSA) is 50.8 Å². The van der Waals surface area contributed by atoms with E-state index in [4.69, 9.17) is 9.47 Å². The average molecular weight is 360 g/mol. The van der Waals surface area contributed by atoms with Gasteiger partial charge in [-0.2, -0.15) is 0 Å². The van der Waals surface area contributed by atoms with Crippen LogP contribution in [0.1, 0.15) is 42.4 Å². The van der Waals surface area contributed by atoms with E-state index in [1.807, 2.05) is 0 Å². The van der Waals surface area contributed by atoms with Crippen LogP contribution in [0.25, 0.3) is 0 Å². The number of nitrogens with zero attached hydrogens (tertiary/aromatic N) is 1. The molecule has 1 N–H and O–H groups in total. The highest BCUT2D eigenvalue weighted by atomic mass is 16.5. The fourth-order valence-corrected chi connectivity index (χ4v) is 4.35. The number of ether oxygens (including phenoxy) is 2. The van der Waals surface area contributed by atoms with Gasteiger partial charge in [0.1, 0.15) is 6.61 Å². The van der Waals surface area contributed by atoms with Crippen LogP contribution >= 0.6 is 0 Å². The Bertz CT molecular complexity index is 603. The lowest BCUT2D eigenvalue weighted by molar-refractivity contribution is -0.126. The molecule has 0 aromatic heterocycles. The fraction of sp³-hybridized carbons (Fsp3) is 0.667. The summed E-state index contributed by atoms with van der Waals surface area (Å²) in [5.41, 5.74) is 4.11. The number of hydrogen-bond donors (Lipinski definition) is 1. The number of likely N-dealkylation sites (tertiary alicyclic amines) is 1. The van der Waals surface area contributed by atoms with Crippen LogP contribution in [-0.4, -0.2) is 55.9 Å². The summed E-state index contributed by atoms with van der Waals surface area (Å²) in [4.78, 5) is 14.1. The molecular formula is C21H32N2O3. The molecule has 1 atom stereocenters. The lowest BCUT2D eigenvalue weighted by Gasteiger charge is -2.39. The van der Waals surface area contributed by atoms with Crippen LogP contribution in [0.15, 0.2) is 18.2 Å². The number of rotatable bonds is 6. The number of carbonyl (C=O) groups is 1. The van der Waals surface area contributed by atoms with Crippen molar-refractivity contribution in [2.24, 2.45) is 0 Å². The molecule has 3 rings (SSSR count). The summed E-state index contributed by atoms with van der Waals surface area (Å²) in [5.74, 6) is -0.0692. The van der Waals surface area contributed by atoms with Crippen molar-refractivity contribution >= 4 is 5.91 Å². The Morgan fingerprint density at radius 3 is 2.58 bits per heavy atom. The lowest BCUT2D eigenvalue weighted by atomic mass is 9.88. The minimum Gasteiger partial charge on any atom is -0.375 e. The van der Waals surface area contributed by atoms with Crippen LogP contribution < -0.4 is 5.32 Å². The van der Waals surface area contributed by atoms with E-state index in [2.05, 4.69) is 42.3 Å². The maximum atomic E-state index is 11.5. The molecule has 2 heterocycles. The summed E-state index contributed by atoms with van der Waals surface area (Å²) < 4.78 is 11.2. The molecule has 1 aromatic rings. The molecule has 0 bridgehead atoms. The Hall–Kier alpha value is -1.43. The summed E-state index contributed by atoms with van der Waals surface area (Å²) in [7, 11) is 1.53. The molecule has 1 amide bonds. The zero-order chi connectivity index (χ0) is 18.6. The third-order valence-electron chi connectivity index (χ3n) is 5.60. The second-order valence-corrected chi connectivity index (χ2v) is 7.97. The highest BCUT2D eigenvalue weighted by Crippen LogP contribution is 2.39. The second kappa shape index (κ2) is 8.51. The molecule has 2 aliphatic heterocycles. The highest BCUT2D eigenvalue weighted by molar-refractivity contribution is 5.77. The minimum atomic E-state index is -0.0692. The molecule has 2 aliphatic rings. The summed E-state index contributed by atoms with van der Waals surface area (Å²) in [5, 5.41) is 2.90. The maximum Gasteiger partial charge on any atom is 0.246 e. The number of hydrogen-bond acceptors (Lipinski definition) is 4. The molecule has 2 saturated heterocycles. The number of piperidine rings is 1. The molecule has 5 heteroatoms. The predicted octanol–water partition coefficient (Wildman–Crippen LogP) is 2.58. The molecule has 26 heavy (non-hydrogen) atoms. The third kappa shape index (κ3) is 5.06. The first-order valence-electron chi connectivity index (χ1n) is 9.71. The van der Waals surface area contributed by atoms with Crippen LogP contribution in [0.4, 0.5) is 0 Å². The first-order valence-corrected chi connectivity index (χ1v) is 9.71. The predicted molar refractivity (Wildman–Crippen MR) is 102 cm³/mol. The normalized spacial score (nSPS) is 22.7. The Kier molecular flexibility index (Phi) is 6.33. The van der Waals surface area contributed by atoms with Gasteiger partial charge in [0.05, 0.1) is 11.7 Å². The average Bonchev–Trinajstić information content (AvgIpc) is 2.98. The van der Waals surface area contributed by atoms with E-state index in [0.29, 0.717) is 6.54 Å². The zero-order valence-electron chi connectivity index (χ0n) is 16.3. The Morgan fingerprint density at radius 2 is 1.92 bits per heavy atom. The van der Waals surface area contributed by atoms with Gasteiger partial charge in [-0.1, -0.05) is 29.3 Å². The van der Waals surface area contributed by atoms with Crippen LogP contribution in [0.5, 0.6) is 0 Å². The van der Waals surface area contributed by atoms with Crippen molar-refractivity contribution < 1.29 is 14.3 Å². The van der Waals surface area contributed by atoms with E-state index >= 15 is 0 Å². The highest BCUT2D eigenvalue weighted by Gasteiger charge is 2.42. The Labute approximate surface area is 157 Å². The second-order valence-electron chi connectivity index (χ2n) is 7.97. The number of nitrogens with one attached hydrogen (secondary N) is 1. The Balaban J connectivity index is 1.45. The van der Waals surface area contributed by atoms with Gasteiger partial charge in [0.15, 0.2) is 0 Å². The molecule has 1 spiro atoms. The fourth-order valence-electron chi connectivity index (χ4n) is 4.35. The van der Waals surface area contributed by atoms with Crippen LogP contribution in [-0.2, 0) is 20.8 Å². The van der Waals surface area contributed by atoms with Gasteiger partial charge in [0.2, 0.25) is 5.91 Å². The smallest absolute Gasteiger partial charge is 0.246 e. The molecule has 144 valence electrons. The van der Waals surface area contributed by atoms with E-state index in [1.54, 1.807) is 0 Å². The van der Waals surface area contributed by atoms with Gasteiger partial charge in [0.25, 0.3) is 0 Å². The summed E-state index contributed by atoms with van der Waals surface area (Å²) in [6.07, 6.45) is 4.45. The molecule has 0 aliphatic carbocycles. The van der Waals surface area contributed by atoms with Gasteiger partial charge < -0.3 is 14.8 Å². The van der Waals surface area contributed by atoms with E-state index in [9.17, 15) is 4.79 Å². The zero-order valence-corrected chi connectivity index (χ0v) is 16.3. The number of aryl methyl sites for hydroxylation is 2. The molecule has 0 unspecified atom stereocenters. The summed E-state index contributed by atoms with van der Waals surface area (Å²) in [6.45, 7) is 8.22. The first-order chi connectivity index (χ1) is 12.5. The van der Waals surface area contributed by atoms with E-state index in [1.165, 1.54) is 23.8 Å². The SMILES string of the molecule is COCC(=O)NC[C@@H]1CCC2(CCN(Cc3cc(C)cc(C)c3)CC2)O1. The van der Waals surface area contributed by atoms with Gasteiger partial charge >= 0.3 is 0 Å². The number of amides is 1. The standard InChI is InChI=1S/C21H32N2O3/c1-16-10-17(2)12-18(11-16)14-23-8-6-21(7-9-23)5-4-19(26-21)13-22-20(24)15-25-3/h10-12,19H,4-9,13-15H2,1-3H3,(H,22,24)/t19-/m0/s1. The van der Waals surface area contributed by atoms with Crippen molar-refractivity contribution in [3.8, 4) is 0 Å². The first kappa shape index (κ1) is 19.3. The molecule has 0 radical (unpaired) electrons.